The van der Waals surface area contributed by atoms with E-state index in [-0.39, 0.29) is 0 Å². The van der Waals surface area contributed by atoms with Gasteiger partial charge in [-0.25, -0.2) is 0 Å². The van der Waals surface area contributed by atoms with E-state index in [1.165, 1.54) is 9.13 Å². The molecule has 1 N–H and O–H groups in total. The van der Waals surface area contributed by atoms with Crippen LogP contribution in [0.15, 0.2) is 36.5 Å². The Morgan fingerprint density at radius 2 is 1.94 bits per heavy atom. The van der Waals surface area contributed by atoms with E-state index in [4.69, 9.17) is 0 Å². The van der Waals surface area contributed by atoms with Crippen LogP contribution >= 0.6 is 22.6 Å². The van der Waals surface area contributed by atoms with Gasteiger partial charge in [-0.15, -0.1) is 0 Å². The summed E-state index contributed by atoms with van der Waals surface area (Å²) >= 11 is 2.32. The molecule has 0 bridgehead atoms. The van der Waals surface area contributed by atoms with Gasteiger partial charge in [0.2, 0.25) is 0 Å². The summed E-state index contributed by atoms with van der Waals surface area (Å²) in [5.41, 5.74) is 2.37. The Balaban J connectivity index is 1.95. The lowest BCUT2D eigenvalue weighted by Gasteiger charge is -2.05. The van der Waals surface area contributed by atoms with Crippen molar-refractivity contribution in [2.24, 2.45) is 0 Å². The maximum Gasteiger partial charge on any atom is 0.0762 e. The highest BCUT2D eigenvalue weighted by Crippen LogP contribution is 2.08. The number of hydrogen-bond donors (Lipinski definition) is 1. The number of rotatable bonds is 5. The minimum atomic E-state index is 0.492. The summed E-state index contributed by atoms with van der Waals surface area (Å²) in [5, 5.41) is 7.92. The molecule has 2 rings (SSSR count). The summed E-state index contributed by atoms with van der Waals surface area (Å²) in [5.74, 6) is 0. The quantitative estimate of drug-likeness (QED) is 0.836. The average Bonchev–Trinajstić information content (AvgIpc) is 2.77. The fourth-order valence-corrected chi connectivity index (χ4v) is 2.03. The molecule has 0 aliphatic rings. The van der Waals surface area contributed by atoms with Gasteiger partial charge < -0.3 is 5.32 Å². The molecule has 0 atom stereocenters. The largest absolute Gasteiger partial charge is 0.309 e. The van der Waals surface area contributed by atoms with Crippen LogP contribution in [-0.2, 0) is 13.1 Å². The zero-order valence-electron chi connectivity index (χ0n) is 10.7. The second kappa shape index (κ2) is 6.33. The summed E-state index contributed by atoms with van der Waals surface area (Å²) in [6.07, 6.45) is 2.04. The number of nitrogens with zero attached hydrogens (tertiary/aromatic N) is 2. The van der Waals surface area contributed by atoms with Gasteiger partial charge in [-0.2, -0.15) is 5.10 Å². The fourth-order valence-electron chi connectivity index (χ4n) is 1.67. The third kappa shape index (κ3) is 4.10. The normalized spacial score (nSPS) is 11.1. The monoisotopic (exact) mass is 355 g/mol. The van der Waals surface area contributed by atoms with Crippen LogP contribution in [0, 0.1) is 3.57 Å². The van der Waals surface area contributed by atoms with Gasteiger partial charge in [-0.05, 0) is 46.4 Å². The number of nitrogens with one attached hydrogen (secondary N) is 1. The summed E-state index contributed by atoms with van der Waals surface area (Å²) in [7, 11) is 0. The number of aromatic nitrogens is 2. The second-order valence-electron chi connectivity index (χ2n) is 4.67. The molecule has 0 amide bonds. The molecular formula is C14H18IN3. The van der Waals surface area contributed by atoms with E-state index in [9.17, 15) is 0 Å². The first-order chi connectivity index (χ1) is 8.63. The number of hydrogen-bond acceptors (Lipinski definition) is 2. The molecule has 0 fully saturated rings. The Hall–Kier alpha value is -0.880. The van der Waals surface area contributed by atoms with Crippen molar-refractivity contribution in [2.45, 2.75) is 33.0 Å². The molecule has 3 nitrogen and oxygen atoms in total. The van der Waals surface area contributed by atoms with Crippen LogP contribution < -0.4 is 5.32 Å². The van der Waals surface area contributed by atoms with E-state index in [1.807, 2.05) is 10.9 Å². The molecule has 18 heavy (non-hydrogen) atoms. The lowest BCUT2D eigenvalue weighted by molar-refractivity contribution is 0.570. The van der Waals surface area contributed by atoms with Crippen molar-refractivity contribution in [1.82, 2.24) is 15.1 Å². The van der Waals surface area contributed by atoms with Crippen LogP contribution in [0.1, 0.15) is 25.1 Å². The topological polar surface area (TPSA) is 29.9 Å². The molecule has 0 unspecified atom stereocenters. The van der Waals surface area contributed by atoms with Crippen molar-refractivity contribution < 1.29 is 0 Å². The van der Waals surface area contributed by atoms with Crippen molar-refractivity contribution in [1.29, 1.82) is 0 Å². The Bertz CT molecular complexity index is 488. The van der Waals surface area contributed by atoms with Crippen molar-refractivity contribution in [2.75, 3.05) is 0 Å². The highest BCUT2D eigenvalue weighted by Gasteiger charge is 2.01. The Morgan fingerprint density at radius 1 is 1.22 bits per heavy atom. The van der Waals surface area contributed by atoms with Crippen LogP contribution in [0.25, 0.3) is 0 Å². The molecule has 0 spiro atoms. The summed E-state index contributed by atoms with van der Waals surface area (Å²) in [6.45, 7) is 5.95. The Labute approximate surface area is 122 Å². The van der Waals surface area contributed by atoms with Crippen LogP contribution in [-0.4, -0.2) is 15.8 Å². The SMILES string of the molecule is CC(C)NCc1ccn(Cc2ccc(I)cc2)n1. The van der Waals surface area contributed by atoms with Gasteiger partial charge >= 0.3 is 0 Å². The van der Waals surface area contributed by atoms with Gasteiger partial charge in [0, 0.05) is 22.4 Å². The molecule has 0 saturated carbocycles. The number of halogens is 1. The molecule has 96 valence electrons. The smallest absolute Gasteiger partial charge is 0.0762 e. The van der Waals surface area contributed by atoms with Gasteiger partial charge in [0.15, 0.2) is 0 Å². The molecule has 0 aliphatic carbocycles. The molecule has 4 heteroatoms. The van der Waals surface area contributed by atoms with Crippen LogP contribution in [0.4, 0.5) is 0 Å². The molecule has 2 aromatic rings. The predicted molar refractivity (Wildman–Crippen MR) is 82.5 cm³/mol. The zero-order chi connectivity index (χ0) is 13.0. The van der Waals surface area contributed by atoms with E-state index in [2.05, 4.69) is 77.2 Å². The standard InChI is InChI=1S/C14H18IN3/c1-11(2)16-9-14-7-8-18(17-14)10-12-3-5-13(15)6-4-12/h3-8,11,16H,9-10H2,1-2H3. The molecule has 1 aromatic carbocycles. The molecular weight excluding hydrogens is 337 g/mol. The maximum absolute atomic E-state index is 4.55. The Morgan fingerprint density at radius 3 is 2.61 bits per heavy atom. The van der Waals surface area contributed by atoms with Crippen molar-refractivity contribution in [3.05, 3.63) is 51.4 Å². The minimum Gasteiger partial charge on any atom is -0.309 e. The molecule has 0 radical (unpaired) electrons. The lowest BCUT2D eigenvalue weighted by atomic mass is 10.2. The van der Waals surface area contributed by atoms with Gasteiger partial charge in [-0.3, -0.25) is 4.68 Å². The first-order valence-electron chi connectivity index (χ1n) is 6.13. The van der Waals surface area contributed by atoms with Gasteiger partial charge in [0.25, 0.3) is 0 Å². The zero-order valence-corrected chi connectivity index (χ0v) is 12.9. The highest BCUT2D eigenvalue weighted by molar-refractivity contribution is 14.1. The van der Waals surface area contributed by atoms with Crippen molar-refractivity contribution >= 4 is 22.6 Å². The van der Waals surface area contributed by atoms with E-state index in [0.717, 1.165) is 18.8 Å². The third-order valence-electron chi connectivity index (χ3n) is 2.65. The first kappa shape index (κ1) is 13.5. The predicted octanol–water partition coefficient (Wildman–Crippen LogP) is 3.03. The molecule has 0 aliphatic heterocycles. The maximum atomic E-state index is 4.55. The van der Waals surface area contributed by atoms with E-state index < -0.39 is 0 Å². The summed E-state index contributed by atoms with van der Waals surface area (Å²) in [6, 6.07) is 11.1. The van der Waals surface area contributed by atoms with Crippen LogP contribution in [0.3, 0.4) is 0 Å². The fraction of sp³-hybridized carbons (Fsp3) is 0.357. The highest BCUT2D eigenvalue weighted by atomic mass is 127. The molecule has 1 heterocycles. The van der Waals surface area contributed by atoms with Gasteiger partial charge in [0.1, 0.15) is 0 Å². The van der Waals surface area contributed by atoms with Crippen molar-refractivity contribution in [3.8, 4) is 0 Å². The van der Waals surface area contributed by atoms with Gasteiger partial charge in [0.05, 0.1) is 12.2 Å². The average molecular weight is 355 g/mol. The van der Waals surface area contributed by atoms with Crippen LogP contribution in [0.5, 0.6) is 0 Å². The van der Waals surface area contributed by atoms with E-state index >= 15 is 0 Å². The molecule has 1 aromatic heterocycles. The second-order valence-corrected chi connectivity index (χ2v) is 5.91. The minimum absolute atomic E-state index is 0.492. The summed E-state index contributed by atoms with van der Waals surface area (Å²) in [4.78, 5) is 0. The molecule has 0 saturated heterocycles. The Kier molecular flexibility index (Phi) is 4.77. The summed E-state index contributed by atoms with van der Waals surface area (Å²) < 4.78 is 3.25. The lowest BCUT2D eigenvalue weighted by Crippen LogP contribution is -2.22. The number of benzene rings is 1. The van der Waals surface area contributed by atoms with E-state index in [1.54, 1.807) is 0 Å². The van der Waals surface area contributed by atoms with Gasteiger partial charge in [-0.1, -0.05) is 26.0 Å². The van der Waals surface area contributed by atoms with E-state index in [0.29, 0.717) is 6.04 Å². The van der Waals surface area contributed by atoms with Crippen LogP contribution in [0.2, 0.25) is 0 Å². The van der Waals surface area contributed by atoms with Crippen molar-refractivity contribution in [3.63, 3.8) is 0 Å². The first-order valence-corrected chi connectivity index (χ1v) is 7.21. The third-order valence-corrected chi connectivity index (χ3v) is 3.36.